The van der Waals surface area contributed by atoms with Gasteiger partial charge in [-0.05, 0) is 46.6 Å². The number of hydrogen-bond donors (Lipinski definition) is 0. The van der Waals surface area contributed by atoms with E-state index in [2.05, 4.69) is 15.9 Å². The first-order chi connectivity index (χ1) is 9.56. The van der Waals surface area contributed by atoms with Gasteiger partial charge in [-0.1, -0.05) is 24.3 Å². The highest BCUT2D eigenvalue weighted by molar-refractivity contribution is 9.09. The molecule has 3 rings (SSSR count). The zero-order valence-electron chi connectivity index (χ0n) is 11.1. The first kappa shape index (κ1) is 13.2. The van der Waals surface area contributed by atoms with E-state index in [1.807, 2.05) is 43.3 Å². The molecule has 2 aromatic rings. The molecule has 0 amide bonds. The maximum Gasteiger partial charge on any atom is 0.340 e. The number of aryl methyl sites for hydroxylation is 1. The summed E-state index contributed by atoms with van der Waals surface area (Å²) >= 11 is 3.59. The summed E-state index contributed by atoms with van der Waals surface area (Å²) in [6, 6.07) is 13.1. The lowest BCUT2D eigenvalue weighted by Crippen LogP contribution is -2.19. The van der Waals surface area contributed by atoms with Crippen LogP contribution < -0.4 is 4.74 Å². The molecular weight excluding hydrogens is 320 g/mol. The number of esters is 1. The summed E-state index contributed by atoms with van der Waals surface area (Å²) in [5, 5.41) is 0. The van der Waals surface area contributed by atoms with Gasteiger partial charge in [-0.15, -0.1) is 0 Å². The van der Waals surface area contributed by atoms with Gasteiger partial charge in [-0.25, -0.2) is 4.79 Å². The number of carbonyl (C=O) groups is 1. The minimum Gasteiger partial charge on any atom is -0.496 e. The molecule has 1 atom stereocenters. The fourth-order valence-corrected chi connectivity index (χ4v) is 3.21. The average Bonchev–Trinajstić information content (AvgIpc) is 2.72. The Balaban J connectivity index is 2.15. The van der Waals surface area contributed by atoms with Crippen molar-refractivity contribution in [3.05, 3.63) is 64.7 Å². The number of hydrogen-bond acceptors (Lipinski definition) is 3. The normalized spacial score (nSPS) is 20.4. The van der Waals surface area contributed by atoms with Gasteiger partial charge in [-0.2, -0.15) is 0 Å². The molecular formula is C16H13BrO3. The van der Waals surface area contributed by atoms with Crippen LogP contribution in [0.25, 0.3) is 0 Å². The summed E-state index contributed by atoms with van der Waals surface area (Å²) < 4.78 is 9.91. The van der Waals surface area contributed by atoms with Gasteiger partial charge in [0.15, 0.2) is 0 Å². The Kier molecular flexibility index (Phi) is 3.05. The molecule has 1 aliphatic heterocycles. The number of halogens is 1. The summed E-state index contributed by atoms with van der Waals surface area (Å²) in [7, 11) is 1.64. The van der Waals surface area contributed by atoms with Crippen molar-refractivity contribution in [1.82, 2.24) is 0 Å². The highest BCUT2D eigenvalue weighted by Crippen LogP contribution is 2.47. The van der Waals surface area contributed by atoms with Crippen molar-refractivity contribution < 1.29 is 14.3 Å². The largest absolute Gasteiger partial charge is 0.496 e. The zero-order chi connectivity index (χ0) is 14.3. The van der Waals surface area contributed by atoms with E-state index in [0.717, 1.165) is 22.4 Å². The van der Waals surface area contributed by atoms with Crippen LogP contribution in [0.15, 0.2) is 42.5 Å². The van der Waals surface area contributed by atoms with Crippen molar-refractivity contribution in [3.8, 4) is 5.75 Å². The number of benzene rings is 2. The minimum absolute atomic E-state index is 0.314. The molecule has 0 saturated heterocycles. The van der Waals surface area contributed by atoms with Crippen LogP contribution >= 0.6 is 15.9 Å². The second kappa shape index (κ2) is 4.63. The molecule has 3 nitrogen and oxygen atoms in total. The maximum atomic E-state index is 12.0. The first-order valence-electron chi connectivity index (χ1n) is 6.23. The third kappa shape index (κ3) is 1.83. The van der Waals surface area contributed by atoms with Gasteiger partial charge < -0.3 is 9.47 Å². The fourth-order valence-electron chi connectivity index (χ4n) is 2.47. The Morgan fingerprint density at radius 1 is 1.20 bits per heavy atom. The van der Waals surface area contributed by atoms with Crippen LogP contribution in [0.3, 0.4) is 0 Å². The number of fused-ring (bicyclic) bond motifs is 1. The Morgan fingerprint density at radius 2 is 1.95 bits per heavy atom. The Labute approximate surface area is 125 Å². The lowest BCUT2D eigenvalue weighted by molar-refractivity contribution is 0.0400. The topological polar surface area (TPSA) is 35.5 Å². The van der Waals surface area contributed by atoms with E-state index in [-0.39, 0.29) is 5.97 Å². The van der Waals surface area contributed by atoms with Crippen LogP contribution in [0, 0.1) is 6.92 Å². The van der Waals surface area contributed by atoms with Crippen molar-refractivity contribution in [2.75, 3.05) is 7.11 Å². The number of alkyl halides is 1. The van der Waals surface area contributed by atoms with Gasteiger partial charge in [-0.3, -0.25) is 0 Å². The van der Waals surface area contributed by atoms with Crippen molar-refractivity contribution in [1.29, 1.82) is 0 Å². The van der Waals surface area contributed by atoms with E-state index in [4.69, 9.17) is 9.47 Å². The molecule has 1 unspecified atom stereocenters. The monoisotopic (exact) mass is 332 g/mol. The van der Waals surface area contributed by atoms with Gasteiger partial charge in [0.05, 0.1) is 12.7 Å². The zero-order valence-corrected chi connectivity index (χ0v) is 12.7. The minimum atomic E-state index is -0.919. The second-order valence-electron chi connectivity index (χ2n) is 4.71. The van der Waals surface area contributed by atoms with Crippen molar-refractivity contribution in [2.24, 2.45) is 0 Å². The van der Waals surface area contributed by atoms with Gasteiger partial charge in [0, 0.05) is 11.1 Å². The van der Waals surface area contributed by atoms with Gasteiger partial charge >= 0.3 is 5.97 Å². The van der Waals surface area contributed by atoms with Gasteiger partial charge in [0.1, 0.15) is 5.75 Å². The molecule has 0 N–H and O–H groups in total. The number of carbonyl (C=O) groups excluding carboxylic acids is 1. The SMILES string of the molecule is COc1ccc(C2(Br)OC(=O)c3ccccc32)cc1C. The summed E-state index contributed by atoms with van der Waals surface area (Å²) in [5.41, 5.74) is 3.28. The van der Waals surface area contributed by atoms with Crippen molar-refractivity contribution in [2.45, 2.75) is 11.4 Å². The summed E-state index contributed by atoms with van der Waals surface area (Å²) in [6.45, 7) is 1.96. The van der Waals surface area contributed by atoms with Gasteiger partial charge in [0.2, 0.25) is 4.51 Å². The molecule has 0 bridgehead atoms. The summed E-state index contributed by atoms with van der Waals surface area (Å²) in [5.74, 6) is 0.494. The van der Waals surface area contributed by atoms with E-state index in [1.165, 1.54) is 0 Å². The molecule has 1 heterocycles. The van der Waals surface area contributed by atoms with E-state index >= 15 is 0 Å². The standard InChI is InChI=1S/C16H13BrO3/c1-10-9-11(7-8-14(10)19-2)16(17)13-6-4-3-5-12(13)15(18)20-16/h3-9H,1-2H3. The average molecular weight is 333 g/mol. The van der Waals surface area contributed by atoms with Gasteiger partial charge in [0.25, 0.3) is 0 Å². The molecule has 0 spiro atoms. The van der Waals surface area contributed by atoms with E-state index < -0.39 is 4.51 Å². The first-order valence-corrected chi connectivity index (χ1v) is 7.02. The van der Waals surface area contributed by atoms with Crippen LogP contribution in [0.4, 0.5) is 0 Å². The number of cyclic esters (lactones) is 1. The molecule has 0 radical (unpaired) electrons. The quantitative estimate of drug-likeness (QED) is 0.620. The lowest BCUT2D eigenvalue weighted by Gasteiger charge is -2.23. The smallest absolute Gasteiger partial charge is 0.340 e. The molecule has 0 aliphatic carbocycles. The summed E-state index contributed by atoms with van der Waals surface area (Å²) in [4.78, 5) is 12.0. The van der Waals surface area contributed by atoms with Crippen LogP contribution in [0.1, 0.15) is 27.0 Å². The molecule has 2 aromatic carbocycles. The van der Waals surface area contributed by atoms with Crippen molar-refractivity contribution in [3.63, 3.8) is 0 Å². The third-order valence-electron chi connectivity index (χ3n) is 3.49. The fraction of sp³-hybridized carbons (Fsp3) is 0.188. The maximum absolute atomic E-state index is 12.0. The van der Waals surface area contributed by atoms with E-state index in [9.17, 15) is 4.79 Å². The van der Waals surface area contributed by atoms with Crippen LogP contribution in [0.5, 0.6) is 5.75 Å². The van der Waals surface area contributed by atoms with E-state index in [0.29, 0.717) is 5.56 Å². The lowest BCUT2D eigenvalue weighted by atomic mass is 9.98. The van der Waals surface area contributed by atoms with Crippen molar-refractivity contribution >= 4 is 21.9 Å². The predicted molar refractivity (Wildman–Crippen MR) is 79.3 cm³/mol. The van der Waals surface area contributed by atoms with Crippen LogP contribution in [-0.2, 0) is 9.25 Å². The molecule has 20 heavy (non-hydrogen) atoms. The third-order valence-corrected chi connectivity index (χ3v) is 4.54. The van der Waals surface area contributed by atoms with Crippen LogP contribution in [-0.4, -0.2) is 13.1 Å². The molecule has 102 valence electrons. The molecule has 4 heteroatoms. The number of methoxy groups -OCH3 is 1. The molecule has 0 fully saturated rings. The van der Waals surface area contributed by atoms with E-state index in [1.54, 1.807) is 13.2 Å². The second-order valence-corrected chi connectivity index (χ2v) is 5.83. The summed E-state index contributed by atoms with van der Waals surface area (Å²) in [6.07, 6.45) is 0. The Morgan fingerprint density at radius 3 is 2.65 bits per heavy atom. The number of rotatable bonds is 2. The molecule has 1 aliphatic rings. The van der Waals surface area contributed by atoms with Crippen LogP contribution in [0.2, 0.25) is 0 Å². The highest BCUT2D eigenvalue weighted by Gasteiger charge is 2.44. The molecule has 0 aromatic heterocycles. The Bertz CT molecular complexity index is 696. The predicted octanol–water partition coefficient (Wildman–Crippen LogP) is 3.77. The Hall–Kier alpha value is -1.81. The number of ether oxygens (including phenoxy) is 2. The molecule has 0 saturated carbocycles. The highest BCUT2D eigenvalue weighted by atomic mass is 79.9.